The molecule has 0 bridgehead atoms. The van der Waals surface area contributed by atoms with E-state index in [1.165, 1.54) is 12.4 Å². The number of fused-ring (bicyclic) bond motifs is 1. The number of aromatic nitrogens is 4. The Balaban J connectivity index is 0.000000312. The van der Waals surface area contributed by atoms with Gasteiger partial charge >= 0.3 is 0 Å². The molecule has 3 aromatic heterocycles. The number of nitrogens with two attached hydrogens (primary N) is 2. The van der Waals surface area contributed by atoms with Crippen LogP contribution in [0.2, 0.25) is 0 Å². The zero-order valence-electron chi connectivity index (χ0n) is 21.7. The van der Waals surface area contributed by atoms with Crippen molar-refractivity contribution in [2.45, 2.75) is 13.3 Å². The Hall–Kier alpha value is -5.28. The second-order valence-corrected chi connectivity index (χ2v) is 10.4. The number of pyridine rings is 2. The van der Waals surface area contributed by atoms with Gasteiger partial charge in [0, 0.05) is 17.6 Å². The van der Waals surface area contributed by atoms with Crippen LogP contribution < -0.4 is 21.7 Å². The number of nitriles is 1. The number of nitrogens with zero attached hydrogens (tertiary/aromatic N) is 5. The molecule has 0 unspecified atom stereocenters. The summed E-state index contributed by atoms with van der Waals surface area (Å²) in [5.41, 5.74) is 13.8. The topological polar surface area (TPSA) is 183 Å². The van der Waals surface area contributed by atoms with Crippen molar-refractivity contribution in [3.8, 4) is 22.9 Å². The van der Waals surface area contributed by atoms with Crippen molar-refractivity contribution < 1.29 is 8.42 Å². The van der Waals surface area contributed by atoms with Crippen molar-refractivity contribution in [2.75, 3.05) is 22.4 Å². The molecule has 0 aliphatic rings. The average molecular weight is 555 g/mol. The van der Waals surface area contributed by atoms with Gasteiger partial charge in [0.25, 0.3) is 5.56 Å². The molecule has 0 saturated carbocycles. The first kappa shape index (κ1) is 27.7. The van der Waals surface area contributed by atoms with E-state index in [9.17, 15) is 13.2 Å². The molecule has 0 spiro atoms. The zero-order chi connectivity index (χ0) is 28.9. The summed E-state index contributed by atoms with van der Waals surface area (Å²) in [4.78, 5) is 24.9. The molecule has 40 heavy (non-hydrogen) atoms. The van der Waals surface area contributed by atoms with E-state index in [1.54, 1.807) is 16.7 Å². The second kappa shape index (κ2) is 11.6. The lowest BCUT2D eigenvalue weighted by Gasteiger charge is -2.15. The Bertz CT molecular complexity index is 1900. The zero-order valence-corrected chi connectivity index (χ0v) is 22.6. The van der Waals surface area contributed by atoms with Gasteiger partial charge in [-0.3, -0.25) is 14.1 Å². The number of para-hydroxylation sites is 1. The first-order chi connectivity index (χ1) is 19.1. The van der Waals surface area contributed by atoms with Crippen LogP contribution in [0.25, 0.3) is 27.6 Å². The van der Waals surface area contributed by atoms with Gasteiger partial charge in [-0.05, 0) is 53.3 Å². The molecule has 5 rings (SSSR count). The highest BCUT2D eigenvalue weighted by atomic mass is 32.2. The van der Waals surface area contributed by atoms with Crippen LogP contribution in [0.5, 0.6) is 0 Å². The van der Waals surface area contributed by atoms with Gasteiger partial charge in [-0.15, -0.1) is 0 Å². The van der Waals surface area contributed by atoms with E-state index in [2.05, 4.69) is 19.7 Å². The number of sulfonamides is 1. The Morgan fingerprint density at radius 2 is 1.77 bits per heavy atom. The van der Waals surface area contributed by atoms with Crippen LogP contribution >= 0.6 is 0 Å². The third kappa shape index (κ3) is 6.23. The fourth-order valence-electron chi connectivity index (χ4n) is 4.12. The summed E-state index contributed by atoms with van der Waals surface area (Å²) in [5.74, 6) is 0.409. The Kier molecular flexibility index (Phi) is 8.07. The van der Waals surface area contributed by atoms with Crippen LogP contribution in [-0.2, 0) is 16.4 Å². The van der Waals surface area contributed by atoms with Crippen LogP contribution in [0.3, 0.4) is 0 Å². The first-order valence-electron chi connectivity index (χ1n) is 12.1. The van der Waals surface area contributed by atoms with Gasteiger partial charge in [0.05, 0.1) is 17.8 Å². The number of nitrogen functional groups attached to an aromatic ring is 2. The van der Waals surface area contributed by atoms with E-state index in [-0.39, 0.29) is 28.7 Å². The van der Waals surface area contributed by atoms with Crippen molar-refractivity contribution in [1.29, 1.82) is 5.26 Å². The lowest BCUT2D eigenvalue weighted by molar-refractivity contribution is 0.606. The van der Waals surface area contributed by atoms with Gasteiger partial charge in [-0.2, -0.15) is 10.2 Å². The minimum atomic E-state index is -3.46. The summed E-state index contributed by atoms with van der Waals surface area (Å²) in [5, 5.41) is 9.78. The van der Waals surface area contributed by atoms with Crippen LogP contribution in [-0.4, -0.2) is 34.2 Å². The maximum Gasteiger partial charge on any atom is 0.263 e. The standard InChI is InChI=1S/C23H21N3O3S.C5H5N5/c1-3-18-14-17-8-7-11-20(16-12-13-24-21(15-16)25-30(2,28)29)22(17)23(27)26(18)19-9-5-4-6-10-19;6-1-3-2-9-5(8)10-4(3)7/h4-15H,3H2,1-2H3,(H,24,25);2H,(H4,7,8,9,10). The highest BCUT2D eigenvalue weighted by molar-refractivity contribution is 7.92. The Labute approximate surface area is 230 Å². The Morgan fingerprint density at radius 1 is 1.02 bits per heavy atom. The summed E-state index contributed by atoms with van der Waals surface area (Å²) < 4.78 is 27.3. The minimum Gasteiger partial charge on any atom is -0.382 e. The SMILES string of the molecule is CCc1cc2cccc(-c3ccnc(NS(C)(=O)=O)c3)c2c(=O)n1-c1ccccc1.N#Cc1cnc(N)nc1N. The molecule has 202 valence electrons. The summed E-state index contributed by atoms with van der Waals surface area (Å²) in [6.45, 7) is 2.02. The van der Waals surface area contributed by atoms with Crippen LogP contribution in [0.4, 0.5) is 17.6 Å². The molecule has 0 fully saturated rings. The normalized spacial score (nSPS) is 10.8. The molecule has 0 saturated heterocycles. The molecule has 5 aromatic rings. The smallest absolute Gasteiger partial charge is 0.263 e. The molecule has 2 aromatic carbocycles. The molecule has 0 atom stereocenters. The molecular weight excluding hydrogens is 528 g/mol. The average Bonchev–Trinajstić information content (AvgIpc) is 2.92. The number of anilines is 3. The van der Waals surface area contributed by atoms with Crippen molar-refractivity contribution >= 4 is 38.4 Å². The van der Waals surface area contributed by atoms with Gasteiger partial charge in [0.1, 0.15) is 23.3 Å². The molecule has 0 aliphatic carbocycles. The van der Waals surface area contributed by atoms with Gasteiger partial charge in [0.2, 0.25) is 16.0 Å². The predicted octanol–water partition coefficient (Wildman–Crippen LogP) is 3.50. The molecule has 0 amide bonds. The monoisotopic (exact) mass is 554 g/mol. The number of aryl methyl sites for hydroxylation is 1. The summed E-state index contributed by atoms with van der Waals surface area (Å²) in [7, 11) is -3.46. The van der Waals surface area contributed by atoms with E-state index in [0.717, 1.165) is 28.6 Å². The van der Waals surface area contributed by atoms with E-state index in [0.29, 0.717) is 17.4 Å². The fraction of sp³-hybridized carbons (Fsp3) is 0.107. The van der Waals surface area contributed by atoms with E-state index >= 15 is 0 Å². The van der Waals surface area contributed by atoms with Crippen molar-refractivity contribution in [1.82, 2.24) is 19.5 Å². The van der Waals surface area contributed by atoms with Crippen LogP contribution in [0, 0.1) is 11.3 Å². The van der Waals surface area contributed by atoms with Crippen molar-refractivity contribution in [3.63, 3.8) is 0 Å². The number of rotatable bonds is 5. The minimum absolute atomic E-state index is 0.0801. The largest absolute Gasteiger partial charge is 0.382 e. The maximum atomic E-state index is 13.7. The van der Waals surface area contributed by atoms with Crippen LogP contribution in [0.1, 0.15) is 18.2 Å². The van der Waals surface area contributed by atoms with E-state index < -0.39 is 10.0 Å². The number of benzene rings is 2. The third-order valence-corrected chi connectivity index (χ3v) is 6.40. The van der Waals surface area contributed by atoms with Crippen LogP contribution in [0.15, 0.2) is 83.9 Å². The molecule has 3 heterocycles. The first-order valence-corrected chi connectivity index (χ1v) is 14.0. The fourth-order valence-corrected chi connectivity index (χ4v) is 4.61. The number of hydrogen-bond donors (Lipinski definition) is 3. The summed E-state index contributed by atoms with van der Waals surface area (Å²) in [6, 6.07) is 22.5. The lowest BCUT2D eigenvalue weighted by Crippen LogP contribution is -2.22. The quantitative estimate of drug-likeness (QED) is 0.293. The van der Waals surface area contributed by atoms with Crippen molar-refractivity contribution in [3.05, 3.63) is 101 Å². The summed E-state index contributed by atoms with van der Waals surface area (Å²) >= 11 is 0. The third-order valence-electron chi connectivity index (χ3n) is 5.82. The van der Waals surface area contributed by atoms with E-state index in [1.807, 2.05) is 67.6 Å². The van der Waals surface area contributed by atoms with E-state index in [4.69, 9.17) is 16.7 Å². The number of hydrogen-bond acceptors (Lipinski definition) is 9. The van der Waals surface area contributed by atoms with Gasteiger partial charge in [-0.1, -0.05) is 43.3 Å². The number of nitrogens with one attached hydrogen (secondary N) is 1. The predicted molar refractivity (Wildman–Crippen MR) is 156 cm³/mol. The van der Waals surface area contributed by atoms with Gasteiger partial charge in [-0.25, -0.2) is 18.4 Å². The molecule has 0 aliphatic heterocycles. The molecule has 11 nitrogen and oxygen atoms in total. The van der Waals surface area contributed by atoms with Crippen molar-refractivity contribution in [2.24, 2.45) is 0 Å². The Morgan fingerprint density at radius 3 is 2.42 bits per heavy atom. The van der Waals surface area contributed by atoms with Gasteiger partial charge in [0.15, 0.2) is 0 Å². The molecule has 0 radical (unpaired) electrons. The molecule has 5 N–H and O–H groups in total. The lowest BCUT2D eigenvalue weighted by atomic mass is 9.99. The second-order valence-electron chi connectivity index (χ2n) is 8.68. The summed E-state index contributed by atoms with van der Waals surface area (Å²) in [6.07, 6.45) is 4.60. The highest BCUT2D eigenvalue weighted by Gasteiger charge is 2.15. The maximum absolute atomic E-state index is 13.7. The highest BCUT2D eigenvalue weighted by Crippen LogP contribution is 2.29. The van der Waals surface area contributed by atoms with Gasteiger partial charge < -0.3 is 11.5 Å². The molecule has 12 heteroatoms. The molecular formula is C28H26N8O3S.